The summed E-state index contributed by atoms with van der Waals surface area (Å²) in [5.74, 6) is -0.0118. The largest absolute Gasteiger partial charge is 0.356 e. The van der Waals surface area contributed by atoms with Crippen molar-refractivity contribution in [2.45, 2.75) is 27.2 Å². The van der Waals surface area contributed by atoms with Gasteiger partial charge in [0.05, 0.1) is 11.9 Å². The van der Waals surface area contributed by atoms with Crippen LogP contribution in [-0.2, 0) is 14.8 Å². The summed E-state index contributed by atoms with van der Waals surface area (Å²) >= 11 is 0. The molecule has 1 amide bonds. The fourth-order valence-corrected chi connectivity index (χ4v) is 2.90. The second-order valence-corrected chi connectivity index (χ2v) is 7.80. The van der Waals surface area contributed by atoms with Crippen molar-refractivity contribution in [1.29, 1.82) is 0 Å². The van der Waals surface area contributed by atoms with E-state index in [4.69, 9.17) is 0 Å². The summed E-state index contributed by atoms with van der Waals surface area (Å²) in [6, 6.07) is 6.39. The molecule has 0 aliphatic rings. The van der Waals surface area contributed by atoms with Gasteiger partial charge in [0.2, 0.25) is 15.9 Å². The Morgan fingerprint density at radius 3 is 2.43 bits per heavy atom. The SMILES string of the molecule is CC(=O)c1cccc(N(CCC(=O)NCC(C)C)S(C)(=O)=O)c1. The average Bonchev–Trinajstić information content (AvgIpc) is 2.44. The molecule has 0 saturated heterocycles. The van der Waals surface area contributed by atoms with Gasteiger partial charge in [-0.05, 0) is 25.0 Å². The Morgan fingerprint density at radius 2 is 1.91 bits per heavy atom. The summed E-state index contributed by atoms with van der Waals surface area (Å²) in [6.45, 7) is 5.97. The number of amides is 1. The first-order chi connectivity index (χ1) is 10.6. The number of hydrogen-bond acceptors (Lipinski definition) is 4. The van der Waals surface area contributed by atoms with E-state index in [1.165, 1.54) is 13.0 Å². The number of anilines is 1. The highest BCUT2D eigenvalue weighted by Gasteiger charge is 2.19. The molecule has 7 heteroatoms. The van der Waals surface area contributed by atoms with Crippen molar-refractivity contribution in [3.63, 3.8) is 0 Å². The van der Waals surface area contributed by atoms with Gasteiger partial charge in [0.1, 0.15) is 0 Å². The van der Waals surface area contributed by atoms with Gasteiger partial charge in [-0.1, -0.05) is 26.0 Å². The van der Waals surface area contributed by atoms with Crippen LogP contribution in [0.5, 0.6) is 0 Å². The van der Waals surface area contributed by atoms with Gasteiger partial charge in [0.15, 0.2) is 5.78 Å². The van der Waals surface area contributed by atoms with E-state index in [1.54, 1.807) is 18.2 Å². The summed E-state index contributed by atoms with van der Waals surface area (Å²) in [4.78, 5) is 23.3. The molecule has 1 aromatic rings. The van der Waals surface area contributed by atoms with Crippen molar-refractivity contribution in [2.24, 2.45) is 5.92 Å². The molecular formula is C16H24N2O4S. The lowest BCUT2D eigenvalue weighted by Crippen LogP contribution is -2.35. The number of Topliss-reactive ketones (excluding diaryl/α,β-unsaturated/α-hetero) is 1. The van der Waals surface area contributed by atoms with Gasteiger partial charge in [0, 0.05) is 25.1 Å². The van der Waals surface area contributed by atoms with Crippen LogP contribution in [0.1, 0.15) is 37.6 Å². The molecule has 128 valence electrons. The standard InChI is InChI=1S/C16H24N2O4S/c1-12(2)11-17-16(20)8-9-18(23(4,21)22)15-7-5-6-14(10-15)13(3)19/h5-7,10,12H,8-9,11H2,1-4H3,(H,17,20). The minimum atomic E-state index is -3.55. The van der Waals surface area contributed by atoms with Crippen molar-refractivity contribution >= 4 is 27.4 Å². The summed E-state index contributed by atoms with van der Waals surface area (Å²) in [7, 11) is -3.55. The molecule has 0 unspecified atom stereocenters. The minimum Gasteiger partial charge on any atom is -0.356 e. The van der Waals surface area contributed by atoms with Crippen LogP contribution in [0.3, 0.4) is 0 Å². The van der Waals surface area contributed by atoms with Crippen LogP contribution in [0.4, 0.5) is 5.69 Å². The number of nitrogens with zero attached hydrogens (tertiary/aromatic N) is 1. The minimum absolute atomic E-state index is 0.0319. The molecule has 0 fully saturated rings. The number of carbonyl (C=O) groups is 2. The molecule has 0 saturated carbocycles. The van der Waals surface area contributed by atoms with Gasteiger partial charge < -0.3 is 5.32 Å². The smallest absolute Gasteiger partial charge is 0.232 e. The Morgan fingerprint density at radius 1 is 1.26 bits per heavy atom. The lowest BCUT2D eigenvalue weighted by atomic mass is 10.1. The van der Waals surface area contributed by atoms with Gasteiger partial charge in [0.25, 0.3) is 0 Å². The van der Waals surface area contributed by atoms with E-state index in [-0.39, 0.29) is 24.7 Å². The fraction of sp³-hybridized carbons (Fsp3) is 0.500. The Labute approximate surface area is 137 Å². The number of benzene rings is 1. The number of hydrogen-bond donors (Lipinski definition) is 1. The molecular weight excluding hydrogens is 316 g/mol. The maximum atomic E-state index is 12.0. The Kier molecular flexibility index (Phi) is 6.75. The first-order valence-corrected chi connectivity index (χ1v) is 9.31. The number of carbonyl (C=O) groups excluding carboxylic acids is 2. The van der Waals surface area contributed by atoms with E-state index >= 15 is 0 Å². The van der Waals surface area contributed by atoms with E-state index in [2.05, 4.69) is 5.32 Å². The molecule has 0 aliphatic carbocycles. The normalized spacial score (nSPS) is 11.3. The summed E-state index contributed by atoms with van der Waals surface area (Å²) in [5.41, 5.74) is 0.817. The average molecular weight is 340 g/mol. The molecule has 1 N–H and O–H groups in total. The van der Waals surface area contributed by atoms with Gasteiger partial charge in [-0.15, -0.1) is 0 Å². The lowest BCUT2D eigenvalue weighted by molar-refractivity contribution is -0.121. The zero-order chi connectivity index (χ0) is 17.6. The van der Waals surface area contributed by atoms with E-state index in [9.17, 15) is 18.0 Å². The van der Waals surface area contributed by atoms with Crippen molar-refractivity contribution < 1.29 is 18.0 Å². The molecule has 0 aromatic heterocycles. The van der Waals surface area contributed by atoms with Crippen LogP contribution < -0.4 is 9.62 Å². The third-order valence-electron chi connectivity index (χ3n) is 3.19. The summed E-state index contributed by atoms with van der Waals surface area (Å²) < 4.78 is 25.1. The predicted octanol–water partition coefficient (Wildman–Crippen LogP) is 1.82. The van der Waals surface area contributed by atoms with Crippen LogP contribution >= 0.6 is 0 Å². The van der Waals surface area contributed by atoms with Crippen LogP contribution in [0.2, 0.25) is 0 Å². The van der Waals surface area contributed by atoms with Crippen LogP contribution in [0, 0.1) is 5.92 Å². The maximum Gasteiger partial charge on any atom is 0.232 e. The van der Waals surface area contributed by atoms with E-state index < -0.39 is 10.0 Å². The molecule has 0 heterocycles. The van der Waals surface area contributed by atoms with Crippen molar-refractivity contribution in [3.8, 4) is 0 Å². The van der Waals surface area contributed by atoms with Crippen molar-refractivity contribution in [3.05, 3.63) is 29.8 Å². The third-order valence-corrected chi connectivity index (χ3v) is 4.38. The molecule has 1 aromatic carbocycles. The molecule has 0 atom stereocenters. The highest BCUT2D eigenvalue weighted by Crippen LogP contribution is 2.19. The van der Waals surface area contributed by atoms with Crippen LogP contribution in [0.15, 0.2) is 24.3 Å². The fourth-order valence-electron chi connectivity index (χ4n) is 1.98. The van der Waals surface area contributed by atoms with Gasteiger partial charge in [-0.2, -0.15) is 0 Å². The molecule has 0 spiro atoms. The molecule has 23 heavy (non-hydrogen) atoms. The van der Waals surface area contributed by atoms with Crippen LogP contribution in [-0.4, -0.2) is 39.5 Å². The second-order valence-electron chi connectivity index (χ2n) is 5.89. The molecule has 0 bridgehead atoms. The van der Waals surface area contributed by atoms with Crippen molar-refractivity contribution in [1.82, 2.24) is 5.32 Å². The molecule has 0 radical (unpaired) electrons. The zero-order valence-corrected chi connectivity index (χ0v) is 14.8. The monoisotopic (exact) mass is 340 g/mol. The highest BCUT2D eigenvalue weighted by molar-refractivity contribution is 7.92. The number of ketones is 1. The summed E-state index contributed by atoms with van der Waals surface area (Å²) in [6.07, 6.45) is 1.14. The van der Waals surface area contributed by atoms with E-state index in [1.807, 2.05) is 13.8 Å². The number of rotatable bonds is 8. The first-order valence-electron chi connectivity index (χ1n) is 7.46. The highest BCUT2D eigenvalue weighted by atomic mass is 32.2. The predicted molar refractivity (Wildman–Crippen MR) is 91.1 cm³/mol. The molecule has 0 aliphatic heterocycles. The zero-order valence-electron chi connectivity index (χ0n) is 14.0. The molecule has 6 nitrogen and oxygen atoms in total. The Bertz CT molecular complexity index is 668. The quantitative estimate of drug-likeness (QED) is 0.732. The van der Waals surface area contributed by atoms with Gasteiger partial charge in [-0.3, -0.25) is 13.9 Å². The first kappa shape index (κ1) is 19.2. The topological polar surface area (TPSA) is 83.6 Å². The lowest BCUT2D eigenvalue weighted by Gasteiger charge is -2.22. The van der Waals surface area contributed by atoms with Gasteiger partial charge >= 0.3 is 0 Å². The Hall–Kier alpha value is -1.89. The number of nitrogens with one attached hydrogen (secondary N) is 1. The third kappa shape index (κ3) is 6.40. The van der Waals surface area contributed by atoms with Gasteiger partial charge in [-0.25, -0.2) is 8.42 Å². The Balaban J connectivity index is 2.88. The molecule has 1 rings (SSSR count). The van der Waals surface area contributed by atoms with E-state index in [0.717, 1.165) is 10.6 Å². The maximum absolute atomic E-state index is 12.0. The second kappa shape index (κ2) is 8.10. The van der Waals surface area contributed by atoms with E-state index in [0.29, 0.717) is 23.7 Å². The number of sulfonamides is 1. The van der Waals surface area contributed by atoms with Crippen molar-refractivity contribution in [2.75, 3.05) is 23.7 Å². The summed E-state index contributed by atoms with van der Waals surface area (Å²) in [5, 5.41) is 2.76. The van der Waals surface area contributed by atoms with Crippen LogP contribution in [0.25, 0.3) is 0 Å².